The van der Waals surface area contributed by atoms with Crippen LogP contribution in [0.4, 0.5) is 0 Å². The van der Waals surface area contributed by atoms with Crippen LogP contribution in [0, 0.1) is 32.1 Å². The van der Waals surface area contributed by atoms with Crippen LogP contribution in [0.3, 0.4) is 0 Å². The molecule has 2 aromatic rings. The zero-order valence-corrected chi connectivity index (χ0v) is 10.7. The molecule has 0 saturated carbocycles. The second-order valence-corrected chi connectivity index (χ2v) is 4.52. The molecule has 0 atom stereocenters. The van der Waals surface area contributed by atoms with Crippen LogP contribution in [0.25, 0.3) is 11.1 Å². The highest BCUT2D eigenvalue weighted by Crippen LogP contribution is 2.27. The molecule has 0 unspecified atom stereocenters. The van der Waals surface area contributed by atoms with Gasteiger partial charge < -0.3 is 4.98 Å². The first-order chi connectivity index (χ1) is 8.52. The molecule has 0 aliphatic heterocycles. The van der Waals surface area contributed by atoms with Gasteiger partial charge in [0.25, 0.3) is 5.56 Å². The van der Waals surface area contributed by atoms with Crippen molar-refractivity contribution < 1.29 is 0 Å². The van der Waals surface area contributed by atoms with Gasteiger partial charge in [0.1, 0.15) is 11.6 Å². The van der Waals surface area contributed by atoms with Crippen LogP contribution in [0.5, 0.6) is 0 Å². The number of benzene rings is 1. The highest BCUT2D eigenvalue weighted by molar-refractivity contribution is 5.71. The van der Waals surface area contributed by atoms with E-state index < -0.39 is 0 Å². The molecule has 0 radical (unpaired) electrons. The summed E-state index contributed by atoms with van der Waals surface area (Å²) in [5.74, 6) is 0. The second kappa shape index (κ2) is 4.50. The number of aryl methyl sites for hydroxylation is 3. The number of nitriles is 1. The summed E-state index contributed by atoms with van der Waals surface area (Å²) >= 11 is 0. The van der Waals surface area contributed by atoms with E-state index in [9.17, 15) is 4.79 Å². The lowest BCUT2D eigenvalue weighted by Crippen LogP contribution is -2.09. The summed E-state index contributed by atoms with van der Waals surface area (Å²) in [7, 11) is 0. The number of hydrogen-bond donors (Lipinski definition) is 1. The highest BCUT2D eigenvalue weighted by Gasteiger charge is 2.09. The first-order valence-electron chi connectivity index (χ1n) is 5.74. The van der Waals surface area contributed by atoms with Gasteiger partial charge in [-0.15, -0.1) is 0 Å². The Morgan fingerprint density at radius 1 is 1.11 bits per heavy atom. The van der Waals surface area contributed by atoms with Crippen LogP contribution in [-0.4, -0.2) is 4.98 Å². The van der Waals surface area contributed by atoms with Crippen LogP contribution in [0.2, 0.25) is 0 Å². The normalized spacial score (nSPS) is 10.1. The number of nitrogens with zero attached hydrogens (tertiary/aromatic N) is 1. The van der Waals surface area contributed by atoms with Gasteiger partial charge >= 0.3 is 0 Å². The molecule has 0 aliphatic rings. The third kappa shape index (κ3) is 2.05. The van der Waals surface area contributed by atoms with Crippen molar-refractivity contribution in [2.24, 2.45) is 0 Å². The zero-order valence-electron chi connectivity index (χ0n) is 10.7. The van der Waals surface area contributed by atoms with Crippen LogP contribution in [0.1, 0.15) is 22.3 Å². The Kier molecular flexibility index (Phi) is 3.03. The van der Waals surface area contributed by atoms with Crippen molar-refractivity contribution in [1.82, 2.24) is 4.98 Å². The smallest absolute Gasteiger partial charge is 0.265 e. The molecule has 0 amide bonds. The fourth-order valence-electron chi connectivity index (χ4n) is 2.35. The van der Waals surface area contributed by atoms with Gasteiger partial charge in [-0.1, -0.05) is 17.7 Å². The summed E-state index contributed by atoms with van der Waals surface area (Å²) in [5, 5.41) is 8.90. The van der Waals surface area contributed by atoms with Crippen molar-refractivity contribution in [3.63, 3.8) is 0 Å². The molecule has 18 heavy (non-hydrogen) atoms. The molecule has 0 bridgehead atoms. The summed E-state index contributed by atoms with van der Waals surface area (Å²) in [6.07, 6.45) is 1.66. The van der Waals surface area contributed by atoms with E-state index in [-0.39, 0.29) is 11.1 Å². The number of H-pyrrole nitrogens is 1. The van der Waals surface area contributed by atoms with E-state index in [2.05, 4.69) is 24.0 Å². The van der Waals surface area contributed by atoms with E-state index in [4.69, 9.17) is 5.26 Å². The average Bonchev–Trinajstić information content (AvgIpc) is 2.30. The van der Waals surface area contributed by atoms with Crippen molar-refractivity contribution in [2.45, 2.75) is 20.8 Å². The number of aromatic amines is 1. The third-order valence-corrected chi connectivity index (χ3v) is 2.99. The molecule has 1 aromatic heterocycles. The average molecular weight is 238 g/mol. The minimum atomic E-state index is -0.344. The van der Waals surface area contributed by atoms with Gasteiger partial charge in [0, 0.05) is 6.20 Å². The molecule has 0 saturated heterocycles. The molecular weight excluding hydrogens is 224 g/mol. The third-order valence-electron chi connectivity index (χ3n) is 2.99. The Hall–Kier alpha value is -2.34. The Morgan fingerprint density at radius 3 is 2.28 bits per heavy atom. The molecule has 1 N–H and O–H groups in total. The van der Waals surface area contributed by atoms with E-state index >= 15 is 0 Å². The molecule has 1 aromatic carbocycles. The fraction of sp³-hybridized carbons (Fsp3) is 0.200. The van der Waals surface area contributed by atoms with Crippen molar-refractivity contribution in [1.29, 1.82) is 5.26 Å². The topological polar surface area (TPSA) is 56.6 Å². The quantitative estimate of drug-likeness (QED) is 0.830. The molecule has 1 heterocycles. The van der Waals surface area contributed by atoms with E-state index in [1.807, 2.05) is 19.9 Å². The monoisotopic (exact) mass is 238 g/mol. The highest BCUT2D eigenvalue weighted by atomic mass is 16.1. The first kappa shape index (κ1) is 12.1. The molecule has 3 heteroatoms. The fourth-order valence-corrected chi connectivity index (χ4v) is 2.35. The summed E-state index contributed by atoms with van der Waals surface area (Å²) in [4.78, 5) is 14.0. The summed E-state index contributed by atoms with van der Waals surface area (Å²) in [6.45, 7) is 6.12. The second-order valence-electron chi connectivity index (χ2n) is 4.52. The van der Waals surface area contributed by atoms with Gasteiger partial charge in [-0.05, 0) is 49.1 Å². The number of pyridine rings is 1. The van der Waals surface area contributed by atoms with Crippen LogP contribution < -0.4 is 5.56 Å². The zero-order chi connectivity index (χ0) is 13.3. The summed E-state index contributed by atoms with van der Waals surface area (Å²) < 4.78 is 0. The lowest BCUT2D eigenvalue weighted by Gasteiger charge is -2.11. The van der Waals surface area contributed by atoms with Crippen LogP contribution in [-0.2, 0) is 0 Å². The van der Waals surface area contributed by atoms with Crippen LogP contribution >= 0.6 is 0 Å². The maximum atomic E-state index is 11.4. The number of nitrogens with one attached hydrogen (secondary N) is 1. The van der Waals surface area contributed by atoms with Crippen molar-refractivity contribution in [3.05, 3.63) is 57.0 Å². The lowest BCUT2D eigenvalue weighted by atomic mass is 9.94. The number of rotatable bonds is 1. The maximum Gasteiger partial charge on any atom is 0.265 e. The Labute approximate surface area is 106 Å². The molecule has 0 fully saturated rings. The maximum absolute atomic E-state index is 11.4. The predicted molar refractivity (Wildman–Crippen MR) is 71.4 cm³/mol. The Morgan fingerprint density at radius 2 is 1.72 bits per heavy atom. The lowest BCUT2D eigenvalue weighted by molar-refractivity contribution is 1.21. The molecule has 2 rings (SSSR count). The van der Waals surface area contributed by atoms with Gasteiger partial charge in [-0.3, -0.25) is 4.79 Å². The Bertz CT molecular complexity index is 682. The largest absolute Gasteiger partial charge is 0.327 e. The van der Waals surface area contributed by atoms with E-state index in [0.29, 0.717) is 0 Å². The van der Waals surface area contributed by atoms with Gasteiger partial charge in [-0.2, -0.15) is 5.26 Å². The summed E-state index contributed by atoms with van der Waals surface area (Å²) in [6, 6.07) is 7.75. The van der Waals surface area contributed by atoms with E-state index in [0.717, 1.165) is 22.3 Å². The van der Waals surface area contributed by atoms with Gasteiger partial charge in [0.15, 0.2) is 0 Å². The predicted octanol–water partition coefficient (Wildman–Crippen LogP) is 2.84. The molecular formula is C15H14N2O. The Balaban J connectivity index is 2.71. The van der Waals surface area contributed by atoms with Gasteiger partial charge in [0.05, 0.1) is 0 Å². The van der Waals surface area contributed by atoms with Gasteiger partial charge in [-0.25, -0.2) is 0 Å². The molecule has 3 nitrogen and oxygen atoms in total. The van der Waals surface area contributed by atoms with Gasteiger partial charge in [0.2, 0.25) is 0 Å². The van der Waals surface area contributed by atoms with Crippen molar-refractivity contribution in [3.8, 4) is 17.2 Å². The minimum absolute atomic E-state index is 0.145. The van der Waals surface area contributed by atoms with Crippen molar-refractivity contribution in [2.75, 3.05) is 0 Å². The van der Waals surface area contributed by atoms with Crippen LogP contribution in [0.15, 0.2) is 29.2 Å². The first-order valence-corrected chi connectivity index (χ1v) is 5.74. The molecule has 90 valence electrons. The molecule has 0 aliphatic carbocycles. The minimum Gasteiger partial charge on any atom is -0.327 e. The number of hydrogen-bond acceptors (Lipinski definition) is 2. The van der Waals surface area contributed by atoms with E-state index in [1.165, 1.54) is 5.56 Å². The van der Waals surface area contributed by atoms with Crippen molar-refractivity contribution >= 4 is 0 Å². The summed E-state index contributed by atoms with van der Waals surface area (Å²) in [5.41, 5.74) is 5.25. The van der Waals surface area contributed by atoms with E-state index in [1.54, 1.807) is 12.3 Å². The molecule has 0 spiro atoms. The standard InChI is InChI=1S/C15H14N2O/c1-9-4-10(2)14(11(3)5-9)13-6-12(7-16)15(18)17-8-13/h4-6,8H,1-3H3,(H,17,18). The number of aromatic nitrogens is 1. The SMILES string of the molecule is Cc1cc(C)c(-c2c[nH]c(=O)c(C#N)c2)c(C)c1.